The van der Waals surface area contributed by atoms with E-state index in [0.717, 1.165) is 38.1 Å². The van der Waals surface area contributed by atoms with E-state index in [0.29, 0.717) is 0 Å². The Labute approximate surface area is 118 Å². The second-order valence-electron chi connectivity index (χ2n) is 5.75. The Morgan fingerprint density at radius 1 is 0.947 bits per heavy atom. The van der Waals surface area contributed by atoms with Crippen molar-refractivity contribution in [3.63, 3.8) is 0 Å². The zero-order valence-corrected chi connectivity index (χ0v) is 12.7. The normalized spacial score (nSPS) is 31.9. The molecule has 4 nitrogen and oxygen atoms in total. The van der Waals surface area contributed by atoms with E-state index in [4.69, 9.17) is 4.74 Å². The van der Waals surface area contributed by atoms with Crippen LogP contribution in [0.25, 0.3) is 0 Å². The summed E-state index contributed by atoms with van der Waals surface area (Å²) in [6.45, 7) is 15.9. The van der Waals surface area contributed by atoms with E-state index in [1.54, 1.807) is 0 Å². The fourth-order valence-corrected chi connectivity index (χ4v) is 3.48. The molecule has 0 aliphatic carbocycles. The lowest BCUT2D eigenvalue weighted by molar-refractivity contribution is 0.0363. The van der Waals surface area contributed by atoms with Crippen LogP contribution in [0.3, 0.4) is 0 Å². The van der Waals surface area contributed by atoms with Gasteiger partial charge in [-0.05, 0) is 44.4 Å². The molecule has 3 rings (SSSR count). The average molecular weight is 269 g/mol. The molecule has 0 amide bonds. The topological polar surface area (TPSA) is 27.7 Å². The maximum Gasteiger partial charge on any atom is 0.0594 e. The van der Waals surface area contributed by atoms with Gasteiger partial charge in [0.15, 0.2) is 0 Å². The van der Waals surface area contributed by atoms with Crippen molar-refractivity contribution in [1.29, 1.82) is 0 Å². The number of hydrogen-bond donors (Lipinski definition) is 1. The Bertz CT molecular complexity index is 232. The zero-order valence-electron chi connectivity index (χ0n) is 12.7. The summed E-state index contributed by atoms with van der Waals surface area (Å²) in [5, 5.41) is 3.50. The summed E-state index contributed by atoms with van der Waals surface area (Å²) in [4.78, 5) is 5.22. The van der Waals surface area contributed by atoms with Gasteiger partial charge in [-0.25, -0.2) is 0 Å². The van der Waals surface area contributed by atoms with Crippen molar-refractivity contribution < 1.29 is 4.74 Å². The molecule has 4 heteroatoms. The van der Waals surface area contributed by atoms with Crippen molar-refractivity contribution in [3.05, 3.63) is 0 Å². The van der Waals surface area contributed by atoms with Crippen LogP contribution < -0.4 is 5.32 Å². The highest BCUT2D eigenvalue weighted by atomic mass is 16.5. The molecule has 0 aromatic rings. The number of nitrogens with zero attached hydrogens (tertiary/aromatic N) is 2. The minimum atomic E-state index is 0.930. The minimum Gasteiger partial charge on any atom is -0.379 e. The van der Waals surface area contributed by atoms with Gasteiger partial charge in [-0.15, -0.1) is 0 Å². The Kier molecular flexibility index (Phi) is 6.57. The van der Waals surface area contributed by atoms with Crippen molar-refractivity contribution in [1.82, 2.24) is 15.1 Å². The molecule has 0 unspecified atom stereocenters. The smallest absolute Gasteiger partial charge is 0.0594 e. The Morgan fingerprint density at radius 3 is 2.16 bits per heavy atom. The second kappa shape index (κ2) is 8.20. The predicted octanol–water partition coefficient (Wildman–Crippen LogP) is 0.886. The van der Waals surface area contributed by atoms with Crippen LogP contribution in [0.5, 0.6) is 0 Å². The second-order valence-corrected chi connectivity index (χ2v) is 5.75. The number of morpholine rings is 1. The van der Waals surface area contributed by atoms with Gasteiger partial charge in [0.1, 0.15) is 0 Å². The van der Waals surface area contributed by atoms with Gasteiger partial charge < -0.3 is 15.0 Å². The molecule has 3 fully saturated rings. The molecule has 0 aromatic carbocycles. The van der Waals surface area contributed by atoms with E-state index in [1.165, 1.54) is 45.7 Å². The van der Waals surface area contributed by atoms with E-state index < -0.39 is 0 Å². The maximum absolute atomic E-state index is 5.37. The fraction of sp³-hybridized carbons (Fsp3) is 1.00. The minimum absolute atomic E-state index is 0.930. The van der Waals surface area contributed by atoms with Crippen LogP contribution in [0.1, 0.15) is 20.3 Å². The highest BCUT2D eigenvalue weighted by Gasteiger charge is 2.35. The predicted molar refractivity (Wildman–Crippen MR) is 79.5 cm³/mol. The van der Waals surface area contributed by atoms with Gasteiger partial charge in [0.25, 0.3) is 0 Å². The summed E-state index contributed by atoms with van der Waals surface area (Å²) in [5.41, 5.74) is 0. The van der Waals surface area contributed by atoms with E-state index in [9.17, 15) is 0 Å². The van der Waals surface area contributed by atoms with Crippen LogP contribution >= 0.6 is 0 Å². The molecule has 0 spiro atoms. The van der Waals surface area contributed by atoms with Crippen molar-refractivity contribution in [2.45, 2.75) is 20.3 Å². The lowest BCUT2D eigenvalue weighted by Gasteiger charge is -2.27. The molecule has 1 N–H and O–H groups in total. The van der Waals surface area contributed by atoms with Crippen LogP contribution in [0.4, 0.5) is 0 Å². The molecule has 0 aromatic heterocycles. The molecule has 0 radical (unpaired) electrons. The number of likely N-dealkylation sites (tertiary alicyclic amines) is 1. The summed E-state index contributed by atoms with van der Waals surface area (Å²) >= 11 is 0. The van der Waals surface area contributed by atoms with E-state index >= 15 is 0 Å². The lowest BCUT2D eigenvalue weighted by Crippen LogP contribution is -2.38. The first-order chi connectivity index (χ1) is 9.42. The molecular formula is C15H31N3O. The molecule has 2 atom stereocenters. The summed E-state index contributed by atoms with van der Waals surface area (Å²) < 4.78 is 5.37. The maximum atomic E-state index is 5.37. The first-order valence-corrected chi connectivity index (χ1v) is 8.15. The van der Waals surface area contributed by atoms with Crippen molar-refractivity contribution in [2.24, 2.45) is 11.8 Å². The Morgan fingerprint density at radius 2 is 1.53 bits per heavy atom. The van der Waals surface area contributed by atoms with Gasteiger partial charge in [0.05, 0.1) is 13.2 Å². The SMILES string of the molecule is C(CN1CCOCC1)CN1C[C@H]2CNC[C@H]2C1.CC. The molecule has 3 heterocycles. The van der Waals surface area contributed by atoms with Crippen LogP contribution in [0, 0.1) is 11.8 Å². The molecule has 19 heavy (non-hydrogen) atoms. The number of nitrogens with one attached hydrogen (secondary N) is 1. The molecular weight excluding hydrogens is 238 g/mol. The molecule has 3 aliphatic heterocycles. The van der Waals surface area contributed by atoms with E-state index in [1.807, 2.05) is 13.8 Å². The third-order valence-electron chi connectivity index (χ3n) is 4.52. The molecule has 0 bridgehead atoms. The van der Waals surface area contributed by atoms with Gasteiger partial charge in [-0.3, -0.25) is 4.90 Å². The van der Waals surface area contributed by atoms with Crippen molar-refractivity contribution in [3.8, 4) is 0 Å². The standard InChI is InChI=1S/C13H25N3O.C2H6/c1(2-15-4-6-17-7-5-15)3-16-10-12-8-14-9-13(12)11-16;1-2/h12-14H,1-11H2;1-2H3/t12-,13+;. The summed E-state index contributed by atoms with van der Waals surface area (Å²) in [5.74, 6) is 1.89. The van der Waals surface area contributed by atoms with Crippen molar-refractivity contribution >= 4 is 0 Å². The van der Waals surface area contributed by atoms with Gasteiger partial charge in [-0.2, -0.15) is 0 Å². The third kappa shape index (κ3) is 4.42. The van der Waals surface area contributed by atoms with E-state index in [2.05, 4.69) is 15.1 Å². The van der Waals surface area contributed by atoms with Crippen LogP contribution in [-0.4, -0.2) is 75.4 Å². The monoisotopic (exact) mass is 269 g/mol. The third-order valence-corrected chi connectivity index (χ3v) is 4.52. The van der Waals surface area contributed by atoms with Crippen LogP contribution in [-0.2, 0) is 4.74 Å². The Balaban J connectivity index is 0.000000637. The summed E-state index contributed by atoms with van der Waals surface area (Å²) in [7, 11) is 0. The largest absolute Gasteiger partial charge is 0.379 e. The molecule has 3 saturated heterocycles. The molecule has 112 valence electrons. The first-order valence-electron chi connectivity index (χ1n) is 8.15. The molecule has 3 aliphatic rings. The van der Waals surface area contributed by atoms with Crippen LogP contribution in [0.15, 0.2) is 0 Å². The van der Waals surface area contributed by atoms with Gasteiger partial charge >= 0.3 is 0 Å². The van der Waals surface area contributed by atoms with Gasteiger partial charge in [0.2, 0.25) is 0 Å². The van der Waals surface area contributed by atoms with Gasteiger partial charge in [-0.1, -0.05) is 13.8 Å². The zero-order chi connectivity index (χ0) is 13.5. The average Bonchev–Trinajstić information content (AvgIpc) is 3.03. The Hall–Kier alpha value is -0.160. The number of ether oxygens (including phenoxy) is 1. The van der Waals surface area contributed by atoms with Crippen LogP contribution in [0.2, 0.25) is 0 Å². The molecule has 0 saturated carbocycles. The highest BCUT2D eigenvalue weighted by Crippen LogP contribution is 2.26. The van der Waals surface area contributed by atoms with Gasteiger partial charge in [0, 0.05) is 26.2 Å². The highest BCUT2D eigenvalue weighted by molar-refractivity contribution is 4.91. The lowest BCUT2D eigenvalue weighted by atomic mass is 10.0. The number of fused-ring (bicyclic) bond motifs is 1. The number of rotatable bonds is 4. The quantitative estimate of drug-likeness (QED) is 0.820. The number of hydrogen-bond acceptors (Lipinski definition) is 4. The first kappa shape index (κ1) is 15.2. The fourth-order valence-electron chi connectivity index (χ4n) is 3.48. The summed E-state index contributed by atoms with van der Waals surface area (Å²) in [6, 6.07) is 0. The summed E-state index contributed by atoms with van der Waals surface area (Å²) in [6.07, 6.45) is 1.33. The van der Waals surface area contributed by atoms with Crippen molar-refractivity contribution in [2.75, 3.05) is 65.6 Å². The van der Waals surface area contributed by atoms with E-state index in [-0.39, 0.29) is 0 Å².